The van der Waals surface area contributed by atoms with Crippen molar-refractivity contribution in [1.29, 1.82) is 0 Å². The molecule has 4 nitrogen and oxygen atoms in total. The van der Waals surface area contributed by atoms with Crippen molar-refractivity contribution >= 4 is 22.4 Å². The first-order valence-electron chi connectivity index (χ1n) is 9.20. The molecule has 3 heterocycles. The highest BCUT2D eigenvalue weighted by Gasteiger charge is 2.36. The summed E-state index contributed by atoms with van der Waals surface area (Å²) in [7, 11) is 1.66. The Morgan fingerprint density at radius 3 is 2.70 bits per heavy atom. The average molecular weight is 392 g/mol. The van der Waals surface area contributed by atoms with Crippen molar-refractivity contribution < 1.29 is 18.3 Å². The molecule has 2 atom stereocenters. The summed E-state index contributed by atoms with van der Waals surface area (Å²) in [5, 5.41) is 6.07. The first kappa shape index (κ1) is 18.4. The fraction of sp³-hybridized carbons (Fsp3) is 0.450. The standard InChI is InChI=1S/C20H22F2N2O2S/c1-24(20(25)26-17-10-15-3-4-16(11-17)23-15)19-12(6-7-27-19)8-13-9-14(21)2-5-18(13)22/h2,5-7,9,15-17,23H,3-4,8,10-11H2,1H3. The molecule has 4 rings (SSSR count). The van der Waals surface area contributed by atoms with Gasteiger partial charge in [-0.25, -0.2) is 13.6 Å². The molecule has 7 heteroatoms. The number of nitrogens with one attached hydrogen (secondary N) is 1. The van der Waals surface area contributed by atoms with Crippen LogP contribution in [0.1, 0.15) is 36.8 Å². The zero-order valence-corrected chi connectivity index (χ0v) is 15.9. The lowest BCUT2D eigenvalue weighted by Gasteiger charge is -2.30. The van der Waals surface area contributed by atoms with Gasteiger partial charge in [-0.1, -0.05) is 0 Å². The fourth-order valence-corrected chi connectivity index (χ4v) is 4.93. The van der Waals surface area contributed by atoms with Gasteiger partial charge in [0.1, 0.15) is 22.7 Å². The Hall–Kier alpha value is -1.99. The highest BCUT2D eigenvalue weighted by atomic mass is 32.1. The van der Waals surface area contributed by atoms with E-state index in [0.29, 0.717) is 17.1 Å². The van der Waals surface area contributed by atoms with Gasteiger partial charge < -0.3 is 10.1 Å². The first-order chi connectivity index (χ1) is 13.0. The zero-order chi connectivity index (χ0) is 19.0. The molecule has 1 N–H and O–H groups in total. The van der Waals surface area contributed by atoms with Crippen LogP contribution in [0, 0.1) is 11.6 Å². The molecule has 1 aromatic heterocycles. The number of hydrogen-bond donors (Lipinski definition) is 1. The SMILES string of the molecule is CN(C(=O)OC1CC2CCC(C1)N2)c1sccc1Cc1cc(F)ccc1F. The van der Waals surface area contributed by atoms with Crippen LogP contribution in [0.4, 0.5) is 18.6 Å². The predicted octanol–water partition coefficient (Wildman–Crippen LogP) is 4.47. The number of amides is 1. The number of halogens is 2. The largest absolute Gasteiger partial charge is 0.446 e. The van der Waals surface area contributed by atoms with Crippen molar-refractivity contribution in [2.24, 2.45) is 0 Å². The minimum absolute atomic E-state index is 0.0669. The van der Waals surface area contributed by atoms with E-state index in [9.17, 15) is 13.6 Å². The lowest BCUT2D eigenvalue weighted by molar-refractivity contribution is 0.0731. The molecule has 2 unspecified atom stereocenters. The van der Waals surface area contributed by atoms with Crippen molar-refractivity contribution in [3.63, 3.8) is 0 Å². The van der Waals surface area contributed by atoms with Crippen LogP contribution >= 0.6 is 11.3 Å². The number of anilines is 1. The summed E-state index contributed by atoms with van der Waals surface area (Å²) < 4.78 is 33.1. The van der Waals surface area contributed by atoms with Crippen LogP contribution in [-0.4, -0.2) is 31.3 Å². The number of benzene rings is 1. The lowest BCUT2D eigenvalue weighted by atomic mass is 10.0. The molecule has 2 fully saturated rings. The average Bonchev–Trinajstić information content (AvgIpc) is 3.23. The Bertz CT molecular complexity index is 829. The minimum atomic E-state index is -0.475. The Morgan fingerprint density at radius 2 is 1.96 bits per heavy atom. The molecule has 1 amide bonds. The van der Waals surface area contributed by atoms with Gasteiger partial charge in [-0.3, -0.25) is 4.90 Å². The third kappa shape index (κ3) is 3.99. The second-order valence-corrected chi connectivity index (χ2v) is 8.23. The lowest BCUT2D eigenvalue weighted by Crippen LogP contribution is -2.43. The second-order valence-electron chi connectivity index (χ2n) is 7.34. The Labute approximate surface area is 161 Å². The van der Waals surface area contributed by atoms with Crippen molar-refractivity contribution in [3.05, 3.63) is 52.4 Å². The van der Waals surface area contributed by atoms with Crippen LogP contribution in [0.3, 0.4) is 0 Å². The maximum atomic E-state index is 14.0. The summed E-state index contributed by atoms with van der Waals surface area (Å²) in [6.07, 6.45) is 3.74. The summed E-state index contributed by atoms with van der Waals surface area (Å²) in [6, 6.07) is 6.14. The van der Waals surface area contributed by atoms with E-state index in [-0.39, 0.29) is 18.1 Å². The van der Waals surface area contributed by atoms with E-state index < -0.39 is 17.7 Å². The third-order valence-corrected chi connectivity index (χ3v) is 6.42. The Balaban J connectivity index is 1.44. The molecule has 2 aliphatic rings. The first-order valence-corrected chi connectivity index (χ1v) is 10.1. The van der Waals surface area contributed by atoms with Gasteiger partial charge in [0.25, 0.3) is 0 Å². The van der Waals surface area contributed by atoms with Gasteiger partial charge in [0.15, 0.2) is 0 Å². The van der Waals surface area contributed by atoms with Crippen LogP contribution < -0.4 is 10.2 Å². The van der Waals surface area contributed by atoms with Gasteiger partial charge in [0, 0.05) is 25.6 Å². The van der Waals surface area contributed by atoms with Crippen molar-refractivity contribution in [3.8, 4) is 0 Å². The number of piperidine rings is 1. The van der Waals surface area contributed by atoms with Gasteiger partial charge in [-0.05, 0) is 66.5 Å². The van der Waals surface area contributed by atoms with E-state index >= 15 is 0 Å². The quantitative estimate of drug-likeness (QED) is 0.835. The van der Waals surface area contributed by atoms with Crippen LogP contribution in [-0.2, 0) is 11.2 Å². The summed E-state index contributed by atoms with van der Waals surface area (Å²) >= 11 is 1.39. The van der Waals surface area contributed by atoms with Crippen LogP contribution in [0.2, 0.25) is 0 Å². The maximum Gasteiger partial charge on any atom is 0.414 e. The van der Waals surface area contributed by atoms with Crippen molar-refractivity contribution in [1.82, 2.24) is 5.32 Å². The maximum absolute atomic E-state index is 14.0. The topological polar surface area (TPSA) is 41.6 Å². The van der Waals surface area contributed by atoms with E-state index in [1.807, 2.05) is 11.4 Å². The van der Waals surface area contributed by atoms with Crippen LogP contribution in [0.5, 0.6) is 0 Å². The molecular weight excluding hydrogens is 370 g/mol. The van der Waals surface area contributed by atoms with Gasteiger partial charge >= 0.3 is 6.09 Å². The molecular formula is C20H22F2N2O2S. The fourth-order valence-electron chi connectivity index (χ4n) is 4.05. The molecule has 2 bridgehead atoms. The number of rotatable bonds is 4. The smallest absolute Gasteiger partial charge is 0.414 e. The molecule has 0 aliphatic carbocycles. The normalized spacial score (nSPS) is 24.0. The highest BCUT2D eigenvalue weighted by molar-refractivity contribution is 7.14. The van der Waals surface area contributed by atoms with Gasteiger partial charge in [-0.2, -0.15) is 0 Å². The molecule has 0 radical (unpaired) electrons. The van der Waals surface area contributed by atoms with Gasteiger partial charge in [0.2, 0.25) is 0 Å². The van der Waals surface area contributed by atoms with E-state index in [2.05, 4.69) is 5.32 Å². The molecule has 0 saturated carbocycles. The summed E-state index contributed by atoms with van der Waals surface area (Å²) in [5.74, 6) is -0.930. The summed E-state index contributed by atoms with van der Waals surface area (Å²) in [4.78, 5) is 14.1. The van der Waals surface area contributed by atoms with E-state index in [1.165, 1.54) is 22.3 Å². The number of fused-ring (bicyclic) bond motifs is 2. The van der Waals surface area contributed by atoms with E-state index in [1.54, 1.807) is 7.05 Å². The molecule has 2 aromatic rings. The number of nitrogens with zero attached hydrogens (tertiary/aromatic N) is 1. The minimum Gasteiger partial charge on any atom is -0.446 e. The number of ether oxygens (including phenoxy) is 1. The van der Waals surface area contributed by atoms with Gasteiger partial charge in [-0.15, -0.1) is 11.3 Å². The monoisotopic (exact) mass is 392 g/mol. The number of carbonyl (C=O) groups is 1. The van der Waals surface area contributed by atoms with E-state index in [0.717, 1.165) is 43.4 Å². The third-order valence-electron chi connectivity index (χ3n) is 5.39. The van der Waals surface area contributed by atoms with Gasteiger partial charge in [0.05, 0.1) is 0 Å². The van der Waals surface area contributed by atoms with E-state index in [4.69, 9.17) is 4.74 Å². The Kier molecular flexibility index (Phi) is 5.14. The number of hydrogen-bond acceptors (Lipinski definition) is 4. The predicted molar refractivity (Wildman–Crippen MR) is 101 cm³/mol. The van der Waals surface area contributed by atoms with Crippen LogP contribution in [0.25, 0.3) is 0 Å². The molecule has 0 spiro atoms. The molecule has 2 saturated heterocycles. The van der Waals surface area contributed by atoms with Crippen LogP contribution in [0.15, 0.2) is 29.6 Å². The number of carbonyl (C=O) groups excluding carboxylic acids is 1. The summed E-state index contributed by atoms with van der Waals surface area (Å²) in [6.45, 7) is 0. The Morgan fingerprint density at radius 1 is 1.22 bits per heavy atom. The summed E-state index contributed by atoms with van der Waals surface area (Å²) in [5.41, 5.74) is 1.04. The molecule has 144 valence electrons. The highest BCUT2D eigenvalue weighted by Crippen LogP contribution is 2.32. The molecule has 1 aromatic carbocycles. The van der Waals surface area contributed by atoms with Crippen molar-refractivity contribution in [2.45, 2.75) is 50.3 Å². The molecule has 27 heavy (non-hydrogen) atoms. The number of thiophene rings is 1. The van der Waals surface area contributed by atoms with Crippen molar-refractivity contribution in [2.75, 3.05) is 11.9 Å². The zero-order valence-electron chi connectivity index (χ0n) is 15.1. The second kappa shape index (κ2) is 7.56. The molecule has 2 aliphatic heterocycles.